The van der Waals surface area contributed by atoms with E-state index < -0.39 is 11.9 Å². The summed E-state index contributed by atoms with van der Waals surface area (Å²) in [7, 11) is 0. The topological polar surface area (TPSA) is 68.8 Å². The van der Waals surface area contributed by atoms with Gasteiger partial charge in [-0.15, -0.1) is 0 Å². The maximum Gasteiger partial charge on any atom is 0.146 e. The van der Waals surface area contributed by atoms with Gasteiger partial charge in [0.1, 0.15) is 18.0 Å². The molecule has 3 N–H and O–H groups in total. The van der Waals surface area contributed by atoms with Crippen LogP contribution >= 0.6 is 11.6 Å². The Labute approximate surface area is 128 Å². The number of nitrogens with one attached hydrogen (secondary N) is 1. The van der Waals surface area contributed by atoms with Gasteiger partial charge in [-0.05, 0) is 12.0 Å². The van der Waals surface area contributed by atoms with Gasteiger partial charge in [-0.1, -0.05) is 37.6 Å². The average Bonchev–Trinajstić information content (AvgIpc) is 2.86. The highest BCUT2D eigenvalue weighted by molar-refractivity contribution is 6.30. The fourth-order valence-electron chi connectivity index (χ4n) is 2.18. The molecule has 0 saturated heterocycles. The Kier molecular flexibility index (Phi) is 5.27. The summed E-state index contributed by atoms with van der Waals surface area (Å²) in [6.45, 7) is 4.95. The van der Waals surface area contributed by atoms with Gasteiger partial charge < -0.3 is 0 Å². The van der Waals surface area contributed by atoms with Gasteiger partial charge in [-0.25, -0.2) is 14.1 Å². The third kappa shape index (κ3) is 3.78. The largest absolute Gasteiger partial charge is 0.271 e. The van der Waals surface area contributed by atoms with E-state index in [1.165, 1.54) is 12.4 Å². The molecule has 1 aromatic carbocycles. The van der Waals surface area contributed by atoms with Crippen molar-refractivity contribution in [2.45, 2.75) is 32.9 Å². The first kappa shape index (κ1) is 15.9. The number of nitrogens with two attached hydrogens (primary N) is 1. The zero-order valence-corrected chi connectivity index (χ0v) is 12.8. The number of nitrogens with zero attached hydrogens (tertiary/aromatic N) is 3. The molecule has 0 aliphatic rings. The standard InChI is InChI=1S/C14H19ClFN5/c1-9(2)7-21-13(18-8-19-21)6-12(20-17)10-4-3-5-11(15)14(10)16/h3-5,8-9,12,20H,6-7,17H2,1-2H3. The first-order valence-corrected chi connectivity index (χ1v) is 7.17. The molecule has 0 fully saturated rings. The Morgan fingerprint density at radius 2 is 2.19 bits per heavy atom. The molecule has 2 aromatic rings. The van der Waals surface area contributed by atoms with Crippen molar-refractivity contribution in [2.75, 3.05) is 0 Å². The number of aromatic nitrogens is 3. The van der Waals surface area contributed by atoms with Gasteiger partial charge in [0.05, 0.1) is 11.1 Å². The number of benzene rings is 1. The van der Waals surface area contributed by atoms with E-state index in [9.17, 15) is 4.39 Å². The van der Waals surface area contributed by atoms with Crippen LogP contribution in [-0.4, -0.2) is 14.8 Å². The molecule has 2 rings (SSSR count). The Morgan fingerprint density at radius 3 is 2.86 bits per heavy atom. The van der Waals surface area contributed by atoms with Crippen LogP contribution in [0.1, 0.15) is 31.3 Å². The van der Waals surface area contributed by atoms with Crippen LogP contribution in [0.3, 0.4) is 0 Å². The minimum Gasteiger partial charge on any atom is -0.271 e. The van der Waals surface area contributed by atoms with Crippen LogP contribution in [0.25, 0.3) is 0 Å². The van der Waals surface area contributed by atoms with Crippen molar-refractivity contribution in [3.05, 3.63) is 46.8 Å². The molecule has 0 bridgehead atoms. The van der Waals surface area contributed by atoms with Crippen molar-refractivity contribution in [3.8, 4) is 0 Å². The molecule has 114 valence electrons. The van der Waals surface area contributed by atoms with Crippen LogP contribution in [0, 0.1) is 11.7 Å². The van der Waals surface area contributed by atoms with E-state index in [0.717, 1.165) is 12.4 Å². The number of hydrogen-bond acceptors (Lipinski definition) is 4. The van der Waals surface area contributed by atoms with E-state index in [4.69, 9.17) is 17.4 Å². The normalized spacial score (nSPS) is 12.9. The van der Waals surface area contributed by atoms with Gasteiger partial charge in [-0.2, -0.15) is 5.10 Å². The molecule has 0 saturated carbocycles. The number of hydrogen-bond donors (Lipinski definition) is 2. The van der Waals surface area contributed by atoms with Gasteiger partial charge in [0.2, 0.25) is 0 Å². The smallest absolute Gasteiger partial charge is 0.146 e. The van der Waals surface area contributed by atoms with E-state index >= 15 is 0 Å². The summed E-state index contributed by atoms with van der Waals surface area (Å²) < 4.78 is 15.9. The summed E-state index contributed by atoms with van der Waals surface area (Å²) in [5, 5.41) is 4.27. The lowest BCUT2D eigenvalue weighted by molar-refractivity contribution is 0.441. The molecule has 21 heavy (non-hydrogen) atoms. The van der Waals surface area contributed by atoms with Gasteiger partial charge in [0.15, 0.2) is 0 Å². The van der Waals surface area contributed by atoms with Crippen LogP contribution in [0.5, 0.6) is 0 Å². The Morgan fingerprint density at radius 1 is 1.43 bits per heavy atom. The second-order valence-corrected chi connectivity index (χ2v) is 5.73. The van der Waals surface area contributed by atoms with Crippen molar-refractivity contribution >= 4 is 11.6 Å². The van der Waals surface area contributed by atoms with E-state index in [1.807, 2.05) is 4.68 Å². The summed E-state index contributed by atoms with van der Waals surface area (Å²) in [5.74, 6) is 6.31. The SMILES string of the molecule is CC(C)Cn1ncnc1CC(NN)c1cccc(Cl)c1F. The molecular formula is C14H19ClFN5. The van der Waals surface area contributed by atoms with Gasteiger partial charge in [0.25, 0.3) is 0 Å². The highest BCUT2D eigenvalue weighted by Crippen LogP contribution is 2.25. The summed E-state index contributed by atoms with van der Waals surface area (Å²) in [6.07, 6.45) is 1.93. The summed E-state index contributed by atoms with van der Waals surface area (Å²) >= 11 is 5.82. The molecule has 5 nitrogen and oxygen atoms in total. The third-order valence-electron chi connectivity index (χ3n) is 3.18. The fourth-order valence-corrected chi connectivity index (χ4v) is 2.36. The van der Waals surface area contributed by atoms with E-state index in [2.05, 4.69) is 29.4 Å². The van der Waals surface area contributed by atoms with Gasteiger partial charge in [0, 0.05) is 18.5 Å². The summed E-state index contributed by atoms with van der Waals surface area (Å²) in [5.41, 5.74) is 3.05. The maximum absolute atomic E-state index is 14.1. The summed E-state index contributed by atoms with van der Waals surface area (Å²) in [4.78, 5) is 4.24. The van der Waals surface area contributed by atoms with Crippen LogP contribution in [0.2, 0.25) is 5.02 Å². The molecule has 0 aliphatic carbocycles. The van der Waals surface area contributed by atoms with Crippen molar-refractivity contribution in [1.82, 2.24) is 20.2 Å². The Balaban J connectivity index is 2.24. The van der Waals surface area contributed by atoms with Crippen molar-refractivity contribution in [2.24, 2.45) is 11.8 Å². The highest BCUT2D eigenvalue weighted by atomic mass is 35.5. The first-order chi connectivity index (χ1) is 10.0. The molecule has 1 atom stereocenters. The molecule has 0 aliphatic heterocycles. The molecule has 1 aromatic heterocycles. The lowest BCUT2D eigenvalue weighted by Gasteiger charge is -2.18. The molecule has 0 radical (unpaired) electrons. The van der Waals surface area contributed by atoms with E-state index in [0.29, 0.717) is 17.9 Å². The molecule has 1 unspecified atom stereocenters. The van der Waals surface area contributed by atoms with Crippen molar-refractivity contribution < 1.29 is 4.39 Å². The van der Waals surface area contributed by atoms with Crippen molar-refractivity contribution in [3.63, 3.8) is 0 Å². The van der Waals surface area contributed by atoms with Crippen LogP contribution in [0.4, 0.5) is 4.39 Å². The lowest BCUT2D eigenvalue weighted by Crippen LogP contribution is -2.31. The predicted molar refractivity (Wildman–Crippen MR) is 80.0 cm³/mol. The lowest BCUT2D eigenvalue weighted by atomic mass is 10.0. The maximum atomic E-state index is 14.1. The molecule has 0 amide bonds. The monoisotopic (exact) mass is 311 g/mol. The zero-order chi connectivity index (χ0) is 15.4. The van der Waals surface area contributed by atoms with Gasteiger partial charge >= 0.3 is 0 Å². The first-order valence-electron chi connectivity index (χ1n) is 6.79. The van der Waals surface area contributed by atoms with Crippen molar-refractivity contribution in [1.29, 1.82) is 0 Å². The van der Waals surface area contributed by atoms with Crippen LogP contribution in [-0.2, 0) is 13.0 Å². The van der Waals surface area contributed by atoms with E-state index in [1.54, 1.807) is 12.1 Å². The number of halogens is 2. The van der Waals surface area contributed by atoms with Crippen LogP contribution < -0.4 is 11.3 Å². The highest BCUT2D eigenvalue weighted by Gasteiger charge is 2.19. The third-order valence-corrected chi connectivity index (χ3v) is 3.47. The quantitative estimate of drug-likeness (QED) is 0.635. The molecular weight excluding hydrogens is 293 g/mol. The molecule has 7 heteroatoms. The second kappa shape index (κ2) is 6.98. The Hall–Kier alpha value is -1.50. The average molecular weight is 312 g/mol. The zero-order valence-electron chi connectivity index (χ0n) is 12.1. The molecule has 1 heterocycles. The van der Waals surface area contributed by atoms with Gasteiger partial charge in [-0.3, -0.25) is 11.3 Å². The Bertz CT molecular complexity index is 599. The predicted octanol–water partition coefficient (Wildman–Crippen LogP) is 2.47. The molecule has 0 spiro atoms. The van der Waals surface area contributed by atoms with E-state index in [-0.39, 0.29) is 5.02 Å². The second-order valence-electron chi connectivity index (χ2n) is 5.32. The summed E-state index contributed by atoms with van der Waals surface area (Å²) in [6, 6.07) is 4.45. The fraction of sp³-hybridized carbons (Fsp3) is 0.429. The minimum atomic E-state index is -0.461. The number of rotatable bonds is 6. The number of hydrazine groups is 1. The minimum absolute atomic E-state index is 0.0800. The van der Waals surface area contributed by atoms with Crippen LogP contribution in [0.15, 0.2) is 24.5 Å².